The number of carbonyl (C=O) groups excluding carboxylic acids is 2. The van der Waals surface area contributed by atoms with Crippen LogP contribution in [0, 0.1) is 5.92 Å². The van der Waals surface area contributed by atoms with Crippen molar-refractivity contribution >= 4 is 17.5 Å². The second-order valence-corrected chi connectivity index (χ2v) is 4.80. The van der Waals surface area contributed by atoms with Crippen LogP contribution in [0.5, 0.6) is 0 Å². The second-order valence-electron chi connectivity index (χ2n) is 4.80. The van der Waals surface area contributed by atoms with E-state index in [9.17, 15) is 9.59 Å². The van der Waals surface area contributed by atoms with Crippen LogP contribution in [-0.4, -0.2) is 38.1 Å². The number of rotatable bonds is 4. The third-order valence-electron chi connectivity index (χ3n) is 3.37. The Morgan fingerprint density at radius 1 is 1.35 bits per heavy atom. The van der Waals surface area contributed by atoms with Crippen molar-refractivity contribution < 1.29 is 14.3 Å². The van der Waals surface area contributed by atoms with E-state index in [-0.39, 0.29) is 30.2 Å². The molecule has 0 radical (unpaired) electrons. The summed E-state index contributed by atoms with van der Waals surface area (Å²) >= 11 is 0. The minimum Gasteiger partial charge on any atom is -0.379 e. The third kappa shape index (κ3) is 3.34. The number of carbonyl (C=O) groups is 2. The summed E-state index contributed by atoms with van der Waals surface area (Å²) in [4.78, 5) is 23.6. The molecule has 1 heterocycles. The van der Waals surface area contributed by atoms with Gasteiger partial charge in [0.1, 0.15) is 0 Å². The Morgan fingerprint density at radius 2 is 2.10 bits per heavy atom. The molecule has 1 aliphatic heterocycles. The molecule has 0 aromatic heterocycles. The van der Waals surface area contributed by atoms with Crippen molar-refractivity contribution in [2.75, 3.05) is 25.6 Å². The summed E-state index contributed by atoms with van der Waals surface area (Å²) < 4.78 is 5.19. The van der Waals surface area contributed by atoms with E-state index >= 15 is 0 Å². The number of anilines is 1. The second kappa shape index (κ2) is 6.49. The average Bonchev–Trinajstić information content (AvgIpc) is 2.87. The zero-order valence-electron chi connectivity index (χ0n) is 11.4. The van der Waals surface area contributed by atoms with Gasteiger partial charge in [0.15, 0.2) is 0 Å². The normalized spacial score (nSPS) is 21.5. The van der Waals surface area contributed by atoms with Gasteiger partial charge in [-0.15, -0.1) is 0 Å². The zero-order valence-corrected chi connectivity index (χ0v) is 11.4. The lowest BCUT2D eigenvalue weighted by Crippen LogP contribution is -2.37. The SMILES string of the molecule is CNC(=O)Cc1ccccc1NC(=O)C1COCC1N. The highest BCUT2D eigenvalue weighted by Crippen LogP contribution is 2.19. The minimum atomic E-state index is -0.344. The monoisotopic (exact) mass is 277 g/mol. The number of ether oxygens (including phenoxy) is 1. The topological polar surface area (TPSA) is 93.5 Å². The lowest BCUT2D eigenvalue weighted by molar-refractivity contribution is -0.121. The van der Waals surface area contributed by atoms with E-state index in [1.807, 2.05) is 18.2 Å². The van der Waals surface area contributed by atoms with Crippen molar-refractivity contribution in [2.45, 2.75) is 12.5 Å². The molecular weight excluding hydrogens is 258 g/mol. The molecule has 0 bridgehead atoms. The molecule has 1 aromatic rings. The van der Waals surface area contributed by atoms with E-state index in [0.29, 0.717) is 18.9 Å². The fourth-order valence-electron chi connectivity index (χ4n) is 2.12. The summed E-state index contributed by atoms with van der Waals surface area (Å²) in [7, 11) is 1.58. The standard InChI is InChI=1S/C14H19N3O3/c1-16-13(18)6-9-4-2-3-5-12(9)17-14(19)10-7-20-8-11(10)15/h2-5,10-11H,6-8,15H2,1H3,(H,16,18)(H,17,19). The van der Waals surface area contributed by atoms with E-state index < -0.39 is 0 Å². The molecule has 6 heteroatoms. The van der Waals surface area contributed by atoms with Gasteiger partial charge in [-0.25, -0.2) is 0 Å². The third-order valence-corrected chi connectivity index (χ3v) is 3.37. The van der Waals surface area contributed by atoms with Crippen molar-refractivity contribution in [2.24, 2.45) is 11.7 Å². The van der Waals surface area contributed by atoms with Gasteiger partial charge in [-0.2, -0.15) is 0 Å². The molecule has 2 atom stereocenters. The molecule has 0 aliphatic carbocycles. The van der Waals surface area contributed by atoms with E-state index in [1.54, 1.807) is 13.1 Å². The van der Waals surface area contributed by atoms with Crippen LogP contribution in [0.1, 0.15) is 5.56 Å². The Labute approximate surface area is 117 Å². The molecule has 4 N–H and O–H groups in total. The Bertz CT molecular complexity index is 504. The average molecular weight is 277 g/mol. The van der Waals surface area contributed by atoms with Gasteiger partial charge in [-0.05, 0) is 11.6 Å². The summed E-state index contributed by atoms with van der Waals surface area (Å²) in [5.41, 5.74) is 7.23. The van der Waals surface area contributed by atoms with E-state index in [1.165, 1.54) is 0 Å². The highest BCUT2D eigenvalue weighted by atomic mass is 16.5. The smallest absolute Gasteiger partial charge is 0.231 e. The van der Waals surface area contributed by atoms with Crippen LogP contribution >= 0.6 is 0 Å². The van der Waals surface area contributed by atoms with Crippen LogP contribution < -0.4 is 16.4 Å². The summed E-state index contributed by atoms with van der Waals surface area (Å²) in [6.07, 6.45) is 0.222. The molecule has 6 nitrogen and oxygen atoms in total. The Morgan fingerprint density at radius 3 is 2.75 bits per heavy atom. The molecule has 0 spiro atoms. The molecule has 20 heavy (non-hydrogen) atoms. The Balaban J connectivity index is 2.08. The first-order valence-electron chi connectivity index (χ1n) is 6.54. The first-order valence-corrected chi connectivity index (χ1v) is 6.54. The highest BCUT2D eigenvalue weighted by molar-refractivity contribution is 5.94. The zero-order chi connectivity index (χ0) is 14.5. The number of likely N-dealkylation sites (N-methyl/N-ethyl adjacent to an activating group) is 1. The number of hydrogen-bond donors (Lipinski definition) is 3. The number of nitrogens with two attached hydrogens (primary N) is 1. The van der Waals surface area contributed by atoms with E-state index in [0.717, 1.165) is 5.56 Å². The van der Waals surface area contributed by atoms with Crippen LogP contribution in [0.4, 0.5) is 5.69 Å². The van der Waals surface area contributed by atoms with E-state index in [4.69, 9.17) is 10.5 Å². The van der Waals surface area contributed by atoms with Crippen molar-refractivity contribution in [1.82, 2.24) is 5.32 Å². The Hall–Kier alpha value is -1.92. The van der Waals surface area contributed by atoms with Gasteiger partial charge in [0.2, 0.25) is 11.8 Å². The van der Waals surface area contributed by atoms with Crippen LogP contribution in [0.15, 0.2) is 24.3 Å². The van der Waals surface area contributed by atoms with Crippen LogP contribution in [0.25, 0.3) is 0 Å². The molecule has 1 aromatic carbocycles. The number of nitrogens with one attached hydrogen (secondary N) is 2. The van der Waals surface area contributed by atoms with Crippen LogP contribution in [0.3, 0.4) is 0 Å². The van der Waals surface area contributed by atoms with Crippen molar-refractivity contribution in [3.8, 4) is 0 Å². The molecule has 1 aliphatic rings. The largest absolute Gasteiger partial charge is 0.379 e. The quantitative estimate of drug-likeness (QED) is 0.715. The molecule has 0 saturated carbocycles. The number of amides is 2. The molecule has 2 amide bonds. The summed E-state index contributed by atoms with van der Waals surface area (Å²) in [6.45, 7) is 0.739. The van der Waals surface area contributed by atoms with E-state index in [2.05, 4.69) is 10.6 Å². The van der Waals surface area contributed by atoms with Crippen molar-refractivity contribution in [3.63, 3.8) is 0 Å². The molecule has 2 unspecified atom stereocenters. The first kappa shape index (κ1) is 14.5. The molecule has 1 fully saturated rings. The summed E-state index contributed by atoms with van der Waals surface area (Å²) in [5, 5.41) is 5.40. The van der Waals surface area contributed by atoms with Gasteiger partial charge in [-0.1, -0.05) is 18.2 Å². The van der Waals surface area contributed by atoms with Gasteiger partial charge in [0.25, 0.3) is 0 Å². The minimum absolute atomic E-state index is 0.104. The number of hydrogen-bond acceptors (Lipinski definition) is 4. The number of para-hydroxylation sites is 1. The Kier molecular flexibility index (Phi) is 4.70. The molecule has 108 valence electrons. The number of benzene rings is 1. The molecule has 2 rings (SSSR count). The summed E-state index contributed by atoms with van der Waals surface area (Å²) in [6, 6.07) is 6.96. The fourth-order valence-corrected chi connectivity index (χ4v) is 2.12. The van der Waals surface area contributed by atoms with Crippen molar-refractivity contribution in [1.29, 1.82) is 0 Å². The van der Waals surface area contributed by atoms with Gasteiger partial charge < -0.3 is 21.1 Å². The molecule has 1 saturated heterocycles. The maximum atomic E-state index is 12.2. The van der Waals surface area contributed by atoms with Gasteiger partial charge >= 0.3 is 0 Å². The predicted molar refractivity (Wildman–Crippen MR) is 75.1 cm³/mol. The van der Waals surface area contributed by atoms with Gasteiger partial charge in [-0.3, -0.25) is 9.59 Å². The van der Waals surface area contributed by atoms with Gasteiger partial charge in [0, 0.05) is 18.8 Å². The van der Waals surface area contributed by atoms with Gasteiger partial charge in [0.05, 0.1) is 25.6 Å². The lowest BCUT2D eigenvalue weighted by atomic mass is 10.0. The van der Waals surface area contributed by atoms with Crippen molar-refractivity contribution in [3.05, 3.63) is 29.8 Å². The predicted octanol–water partition coefficient (Wildman–Crippen LogP) is -0.113. The lowest BCUT2D eigenvalue weighted by Gasteiger charge is -2.15. The van der Waals surface area contributed by atoms with Crippen LogP contribution in [0.2, 0.25) is 0 Å². The maximum Gasteiger partial charge on any atom is 0.231 e. The fraction of sp³-hybridized carbons (Fsp3) is 0.429. The highest BCUT2D eigenvalue weighted by Gasteiger charge is 2.31. The van der Waals surface area contributed by atoms with Crippen LogP contribution in [-0.2, 0) is 20.7 Å². The first-order chi connectivity index (χ1) is 9.61. The molecular formula is C14H19N3O3. The summed E-state index contributed by atoms with van der Waals surface area (Å²) in [5.74, 6) is -0.616. The maximum absolute atomic E-state index is 12.2.